The molecule has 0 aliphatic carbocycles. The maximum atomic E-state index is 12.7. The Hall–Kier alpha value is -2.48. The Labute approximate surface area is 167 Å². The number of rotatable bonds is 3. The van der Waals surface area contributed by atoms with Crippen LogP contribution in [0.25, 0.3) is 0 Å². The maximum Gasteiger partial charge on any atom is 0.416 e. The first-order valence-electron chi connectivity index (χ1n) is 8.69. The molecule has 8 heteroatoms. The molecule has 0 fully saturated rings. The van der Waals surface area contributed by atoms with Crippen molar-refractivity contribution in [1.82, 2.24) is 5.32 Å². The number of alkyl halides is 3. The molecule has 150 valence electrons. The highest BCUT2D eigenvalue weighted by atomic mass is 32.1. The summed E-state index contributed by atoms with van der Waals surface area (Å²) in [6.45, 7) is 3.97. The van der Waals surface area contributed by atoms with Crippen molar-refractivity contribution in [3.8, 4) is 11.5 Å². The van der Waals surface area contributed by atoms with E-state index in [-0.39, 0.29) is 6.04 Å². The molecule has 0 bridgehead atoms. The number of fused-ring (bicyclic) bond motifs is 1. The lowest BCUT2D eigenvalue weighted by molar-refractivity contribution is -0.137. The summed E-state index contributed by atoms with van der Waals surface area (Å²) in [5.41, 5.74) is 0.301. The molecule has 0 spiro atoms. The summed E-state index contributed by atoms with van der Waals surface area (Å²) in [7, 11) is 1.59. The van der Waals surface area contributed by atoms with Gasteiger partial charge in [-0.2, -0.15) is 13.2 Å². The van der Waals surface area contributed by atoms with Gasteiger partial charge in [0, 0.05) is 23.7 Å². The van der Waals surface area contributed by atoms with Crippen LogP contribution in [0.3, 0.4) is 0 Å². The van der Waals surface area contributed by atoms with Gasteiger partial charge in [0.2, 0.25) is 0 Å². The highest BCUT2D eigenvalue weighted by Crippen LogP contribution is 2.41. The molecule has 0 radical (unpaired) electrons. The Morgan fingerprint density at radius 3 is 2.46 bits per heavy atom. The van der Waals surface area contributed by atoms with Gasteiger partial charge in [-0.15, -0.1) is 0 Å². The zero-order valence-corrected chi connectivity index (χ0v) is 16.5. The molecule has 1 heterocycles. The van der Waals surface area contributed by atoms with Crippen LogP contribution in [-0.4, -0.2) is 17.8 Å². The number of benzene rings is 2. The van der Waals surface area contributed by atoms with Gasteiger partial charge >= 0.3 is 6.18 Å². The predicted molar refractivity (Wildman–Crippen MR) is 106 cm³/mol. The van der Waals surface area contributed by atoms with Crippen molar-refractivity contribution in [2.45, 2.75) is 38.1 Å². The van der Waals surface area contributed by atoms with Crippen LogP contribution in [0.15, 0.2) is 42.5 Å². The largest absolute Gasteiger partial charge is 0.497 e. The summed E-state index contributed by atoms with van der Waals surface area (Å²) >= 11 is 5.37. The van der Waals surface area contributed by atoms with Crippen molar-refractivity contribution in [3.05, 3.63) is 53.6 Å². The lowest BCUT2D eigenvalue weighted by Gasteiger charge is -2.38. The third-order valence-corrected chi connectivity index (χ3v) is 4.67. The minimum Gasteiger partial charge on any atom is -0.497 e. The van der Waals surface area contributed by atoms with Gasteiger partial charge in [0.25, 0.3) is 0 Å². The van der Waals surface area contributed by atoms with Crippen molar-refractivity contribution in [2.75, 3.05) is 12.4 Å². The maximum absolute atomic E-state index is 12.7. The Kier molecular flexibility index (Phi) is 5.43. The number of halogens is 3. The fourth-order valence-corrected chi connectivity index (χ4v) is 3.42. The summed E-state index contributed by atoms with van der Waals surface area (Å²) in [6.07, 6.45) is -3.70. The third-order valence-electron chi connectivity index (χ3n) is 4.45. The average molecular weight is 410 g/mol. The Balaban J connectivity index is 1.73. The number of hydrogen-bond acceptors (Lipinski definition) is 3. The van der Waals surface area contributed by atoms with Crippen LogP contribution in [-0.2, 0) is 6.18 Å². The van der Waals surface area contributed by atoms with E-state index in [9.17, 15) is 13.2 Å². The molecule has 2 N–H and O–H groups in total. The van der Waals surface area contributed by atoms with E-state index in [4.69, 9.17) is 21.7 Å². The van der Waals surface area contributed by atoms with Crippen molar-refractivity contribution < 1.29 is 22.6 Å². The molecule has 1 atom stereocenters. The summed E-state index contributed by atoms with van der Waals surface area (Å²) in [5.74, 6) is 1.41. The zero-order chi connectivity index (χ0) is 20.5. The van der Waals surface area contributed by atoms with Gasteiger partial charge in [0.1, 0.15) is 17.1 Å². The lowest BCUT2D eigenvalue weighted by Crippen LogP contribution is -2.42. The lowest BCUT2D eigenvalue weighted by atomic mass is 9.89. The first-order chi connectivity index (χ1) is 13.1. The Morgan fingerprint density at radius 1 is 1.18 bits per heavy atom. The molecule has 1 aliphatic heterocycles. The molecule has 0 aromatic heterocycles. The molecule has 3 rings (SSSR count). The highest BCUT2D eigenvalue weighted by Gasteiger charge is 2.34. The highest BCUT2D eigenvalue weighted by molar-refractivity contribution is 7.80. The second-order valence-electron chi connectivity index (χ2n) is 7.20. The minimum atomic E-state index is -4.37. The third kappa shape index (κ3) is 4.67. The number of thiocarbonyl (C=S) groups is 1. The van der Waals surface area contributed by atoms with Gasteiger partial charge < -0.3 is 20.1 Å². The van der Waals surface area contributed by atoms with E-state index in [1.54, 1.807) is 7.11 Å². The van der Waals surface area contributed by atoms with E-state index in [1.807, 2.05) is 32.0 Å². The van der Waals surface area contributed by atoms with Gasteiger partial charge in [0.05, 0.1) is 18.7 Å². The van der Waals surface area contributed by atoms with E-state index < -0.39 is 17.3 Å². The van der Waals surface area contributed by atoms with Crippen LogP contribution in [0.5, 0.6) is 11.5 Å². The first-order valence-corrected chi connectivity index (χ1v) is 9.10. The number of methoxy groups -OCH3 is 1. The molecule has 0 saturated heterocycles. The standard InChI is InChI=1S/C20H21F3N2O2S/c1-19(2)11-16(15-9-8-14(26-3)10-17(15)27-19)25-18(28)24-13-6-4-12(5-7-13)20(21,22)23/h4-10,16H,11H2,1-3H3,(H2,24,25,28). The van der Waals surface area contributed by atoms with E-state index in [0.29, 0.717) is 28.7 Å². The molecule has 28 heavy (non-hydrogen) atoms. The summed E-state index contributed by atoms with van der Waals surface area (Å²) < 4.78 is 49.3. The van der Waals surface area contributed by atoms with E-state index >= 15 is 0 Å². The number of ether oxygens (including phenoxy) is 2. The molecule has 2 aromatic carbocycles. The van der Waals surface area contributed by atoms with E-state index in [2.05, 4.69) is 10.6 Å². The summed E-state index contributed by atoms with van der Waals surface area (Å²) in [4.78, 5) is 0. The molecular weight excluding hydrogens is 389 g/mol. The SMILES string of the molecule is COc1ccc2c(c1)OC(C)(C)CC2NC(=S)Nc1ccc(C(F)(F)F)cc1. The van der Waals surface area contributed by atoms with E-state index in [1.165, 1.54) is 12.1 Å². The quantitative estimate of drug-likeness (QED) is 0.672. The number of nitrogens with one attached hydrogen (secondary N) is 2. The number of hydrogen-bond donors (Lipinski definition) is 2. The molecule has 4 nitrogen and oxygen atoms in total. The molecule has 0 saturated carbocycles. The van der Waals surface area contributed by atoms with Gasteiger partial charge in [-0.25, -0.2) is 0 Å². The second kappa shape index (κ2) is 7.50. The Morgan fingerprint density at radius 2 is 1.86 bits per heavy atom. The fraction of sp³-hybridized carbons (Fsp3) is 0.350. The molecule has 2 aromatic rings. The van der Waals surface area contributed by atoms with Crippen molar-refractivity contribution >= 4 is 23.0 Å². The van der Waals surface area contributed by atoms with Gasteiger partial charge in [-0.1, -0.05) is 0 Å². The fourth-order valence-electron chi connectivity index (χ4n) is 3.16. The second-order valence-corrected chi connectivity index (χ2v) is 7.60. The zero-order valence-electron chi connectivity index (χ0n) is 15.7. The van der Waals surface area contributed by atoms with Crippen molar-refractivity contribution in [2.24, 2.45) is 0 Å². The van der Waals surface area contributed by atoms with Crippen molar-refractivity contribution in [3.63, 3.8) is 0 Å². The van der Waals surface area contributed by atoms with Crippen LogP contribution in [0.1, 0.15) is 37.4 Å². The predicted octanol–water partition coefficient (Wildman–Crippen LogP) is 5.30. The van der Waals surface area contributed by atoms with Crippen LogP contribution in [0.2, 0.25) is 0 Å². The molecule has 1 aliphatic rings. The van der Waals surface area contributed by atoms with Gasteiger partial charge in [-0.3, -0.25) is 0 Å². The van der Waals surface area contributed by atoms with Crippen LogP contribution in [0, 0.1) is 0 Å². The topological polar surface area (TPSA) is 42.5 Å². The van der Waals surface area contributed by atoms with Crippen LogP contribution < -0.4 is 20.1 Å². The minimum absolute atomic E-state index is 0.112. The average Bonchev–Trinajstić information content (AvgIpc) is 2.59. The normalized spacial score (nSPS) is 17.9. The van der Waals surface area contributed by atoms with Crippen molar-refractivity contribution in [1.29, 1.82) is 0 Å². The Bertz CT molecular complexity index is 867. The summed E-state index contributed by atoms with van der Waals surface area (Å²) in [5, 5.41) is 6.50. The first kappa shape index (κ1) is 20.3. The molecule has 1 unspecified atom stereocenters. The molecule has 0 amide bonds. The van der Waals surface area contributed by atoms with E-state index in [0.717, 1.165) is 17.7 Å². The van der Waals surface area contributed by atoms with Crippen LogP contribution in [0.4, 0.5) is 18.9 Å². The van der Waals surface area contributed by atoms with Crippen LogP contribution >= 0.6 is 12.2 Å². The molecular formula is C20H21F3N2O2S. The van der Waals surface area contributed by atoms with Gasteiger partial charge in [0.15, 0.2) is 5.11 Å². The number of anilines is 1. The monoisotopic (exact) mass is 410 g/mol. The summed E-state index contributed by atoms with van der Waals surface area (Å²) in [6, 6.07) is 10.2. The van der Waals surface area contributed by atoms with Gasteiger partial charge in [-0.05, 0) is 62.5 Å². The smallest absolute Gasteiger partial charge is 0.416 e.